The second kappa shape index (κ2) is 34.7. The minimum Gasteiger partial charge on any atom is -0.481 e. The normalized spacial score (nSPS) is 13.1. The summed E-state index contributed by atoms with van der Waals surface area (Å²) in [5.41, 5.74) is 5.46. The minimum absolute atomic E-state index is 0.109. The van der Waals surface area contributed by atoms with E-state index in [0.29, 0.717) is 19.3 Å². The van der Waals surface area contributed by atoms with E-state index in [-0.39, 0.29) is 44.0 Å². The Bertz CT molecular complexity index is 1170. The predicted octanol–water partition coefficient (Wildman–Crippen LogP) is 6.55. The molecule has 14 nitrogen and oxygen atoms in total. The number of aliphatic carboxylic acids is 1. The first-order valence-electron chi connectivity index (χ1n) is 21.7. The van der Waals surface area contributed by atoms with Crippen LogP contribution in [-0.4, -0.2) is 94.7 Å². The summed E-state index contributed by atoms with van der Waals surface area (Å²) in [6.45, 7) is 7.00. The lowest BCUT2D eigenvalue weighted by molar-refractivity contribution is -0.163. The van der Waals surface area contributed by atoms with Crippen molar-refractivity contribution in [2.45, 2.75) is 206 Å². The highest BCUT2D eigenvalue weighted by Gasteiger charge is 2.35. The van der Waals surface area contributed by atoms with Gasteiger partial charge in [-0.2, -0.15) is 12.6 Å². The lowest BCUT2D eigenvalue weighted by atomic mass is 10.1. The monoisotopic (exact) mass is 829 g/mol. The zero-order valence-corrected chi connectivity index (χ0v) is 36.4. The van der Waals surface area contributed by atoms with Gasteiger partial charge in [0.15, 0.2) is 6.10 Å². The molecule has 4 amide bonds. The number of carbonyl (C=O) groups excluding carboxylic acids is 6. The maximum atomic E-state index is 14.2. The Labute approximate surface area is 347 Å². The molecule has 0 spiro atoms. The number of amides is 4. The Morgan fingerprint density at radius 3 is 1.60 bits per heavy atom. The van der Waals surface area contributed by atoms with Crippen LogP contribution in [0.4, 0.5) is 0 Å². The molecule has 0 aromatic rings. The molecule has 57 heavy (non-hydrogen) atoms. The summed E-state index contributed by atoms with van der Waals surface area (Å²) in [4.78, 5) is 91.1. The molecule has 0 fully saturated rings. The second-order valence-electron chi connectivity index (χ2n) is 15.1. The number of primary amides is 1. The molecule has 0 bridgehead atoms. The van der Waals surface area contributed by atoms with Gasteiger partial charge in [0.25, 0.3) is 0 Å². The van der Waals surface area contributed by atoms with Gasteiger partial charge in [-0.15, -0.1) is 0 Å². The molecule has 1 unspecified atom stereocenters. The number of unbranched alkanes of at least 4 members (excludes halogenated alkanes) is 16. The van der Waals surface area contributed by atoms with E-state index in [2.05, 4.69) is 44.0 Å². The molecule has 0 heterocycles. The molecule has 15 heteroatoms. The summed E-state index contributed by atoms with van der Waals surface area (Å²) in [5.74, 6) is -5.22. The van der Waals surface area contributed by atoms with Crippen LogP contribution in [0.15, 0.2) is 0 Å². The smallest absolute Gasteiger partial charge is 0.306 e. The third kappa shape index (κ3) is 27.8. The first-order valence-corrected chi connectivity index (χ1v) is 22.3. The maximum absolute atomic E-state index is 14.2. The van der Waals surface area contributed by atoms with Crippen LogP contribution in [0.3, 0.4) is 0 Å². The number of hydrogen-bond donors (Lipinski definition) is 5. The van der Waals surface area contributed by atoms with E-state index in [4.69, 9.17) is 20.3 Å². The summed E-state index contributed by atoms with van der Waals surface area (Å²) in [7, 11) is 0. The van der Waals surface area contributed by atoms with E-state index in [1.54, 1.807) is 0 Å². The summed E-state index contributed by atoms with van der Waals surface area (Å²) >= 11 is 4.33. The summed E-state index contributed by atoms with van der Waals surface area (Å²) in [6.07, 6.45) is 17.2. The minimum atomic E-state index is -1.34. The molecule has 5 N–H and O–H groups in total. The molecule has 0 rings (SSSR count). The highest BCUT2D eigenvalue weighted by molar-refractivity contribution is 7.80. The lowest BCUT2D eigenvalue weighted by Gasteiger charge is -2.34. The number of nitrogens with zero attached hydrogens (tertiary/aromatic N) is 1. The molecule has 0 aromatic heterocycles. The summed E-state index contributed by atoms with van der Waals surface area (Å²) in [5, 5.41) is 14.3. The Balaban J connectivity index is 6.21. The number of carboxylic acid groups (broad SMARTS) is 1. The molecule has 0 saturated carbocycles. The first kappa shape index (κ1) is 53.6. The van der Waals surface area contributed by atoms with Crippen molar-refractivity contribution in [3.05, 3.63) is 0 Å². The molecule has 0 aromatic carbocycles. The Hall–Kier alpha value is -3.36. The predicted molar refractivity (Wildman–Crippen MR) is 224 cm³/mol. The van der Waals surface area contributed by atoms with Crippen LogP contribution in [0.5, 0.6) is 0 Å². The fourth-order valence-corrected chi connectivity index (χ4v) is 6.51. The van der Waals surface area contributed by atoms with Gasteiger partial charge in [-0.25, -0.2) is 0 Å². The Kier molecular flexibility index (Phi) is 32.6. The average molecular weight is 829 g/mol. The zero-order valence-electron chi connectivity index (χ0n) is 35.5. The first-order chi connectivity index (χ1) is 27.3. The Morgan fingerprint density at radius 2 is 1.12 bits per heavy atom. The van der Waals surface area contributed by atoms with E-state index in [1.165, 1.54) is 13.3 Å². The van der Waals surface area contributed by atoms with Crippen molar-refractivity contribution < 1.29 is 48.1 Å². The summed E-state index contributed by atoms with van der Waals surface area (Å²) < 4.78 is 11.4. The van der Waals surface area contributed by atoms with Gasteiger partial charge in [0.05, 0.1) is 6.54 Å². The standard InChI is InChI=1S/C42H76N4O10S/c1-5-8-11-14-16-19-22-25-38(50)55-30-33(56-39(51)26-23-20-17-15-12-9-6-2)29-46(32(4)41(53)45-34(40(43)52)27-28-37(48)49)42(54)35(31-57)44-36(47)24-21-18-13-10-7-3/h32-35,57H,5-31H2,1-4H3,(H2,43,52)(H,44,47)(H,45,53)(H,48,49)/t32-,33+,34+,35?/m0/s1. The van der Waals surface area contributed by atoms with Gasteiger partial charge in [0.1, 0.15) is 24.7 Å². The fourth-order valence-electron chi connectivity index (χ4n) is 6.27. The van der Waals surface area contributed by atoms with E-state index in [0.717, 1.165) is 101 Å². The number of thiol groups is 1. The average Bonchev–Trinajstić information content (AvgIpc) is 3.17. The second-order valence-corrected chi connectivity index (χ2v) is 15.4. The van der Waals surface area contributed by atoms with Gasteiger partial charge in [0.2, 0.25) is 23.6 Å². The molecular formula is C42H76N4O10S. The highest BCUT2D eigenvalue weighted by atomic mass is 32.1. The number of esters is 2. The zero-order chi connectivity index (χ0) is 42.8. The van der Waals surface area contributed by atoms with Gasteiger partial charge in [-0.3, -0.25) is 33.6 Å². The molecule has 4 atom stereocenters. The van der Waals surface area contributed by atoms with Crippen LogP contribution in [-0.2, 0) is 43.0 Å². The quantitative estimate of drug-likeness (QED) is 0.0259. The largest absolute Gasteiger partial charge is 0.481 e. The van der Waals surface area contributed by atoms with Crippen LogP contribution < -0.4 is 16.4 Å². The third-order valence-corrected chi connectivity index (χ3v) is 10.2. The molecule has 0 aliphatic carbocycles. The van der Waals surface area contributed by atoms with Crippen molar-refractivity contribution in [2.24, 2.45) is 5.73 Å². The molecule has 0 radical (unpaired) electrons. The Morgan fingerprint density at radius 1 is 0.649 bits per heavy atom. The van der Waals surface area contributed by atoms with Crippen molar-refractivity contribution in [2.75, 3.05) is 18.9 Å². The van der Waals surface area contributed by atoms with Crippen molar-refractivity contribution in [1.29, 1.82) is 0 Å². The topological polar surface area (TPSA) is 211 Å². The number of hydrogen-bond acceptors (Lipinski definition) is 10. The van der Waals surface area contributed by atoms with Crippen molar-refractivity contribution in [3.8, 4) is 0 Å². The molecule has 0 saturated heterocycles. The molecule has 0 aliphatic heterocycles. The highest BCUT2D eigenvalue weighted by Crippen LogP contribution is 2.15. The summed E-state index contributed by atoms with van der Waals surface area (Å²) in [6, 6.07) is -3.84. The van der Waals surface area contributed by atoms with E-state index < -0.39 is 72.8 Å². The number of nitrogens with two attached hydrogens (primary N) is 1. The lowest BCUT2D eigenvalue weighted by Crippen LogP contribution is -2.59. The van der Waals surface area contributed by atoms with E-state index >= 15 is 0 Å². The number of nitrogens with one attached hydrogen (secondary N) is 2. The van der Waals surface area contributed by atoms with Crippen LogP contribution in [0.25, 0.3) is 0 Å². The fraction of sp³-hybridized carbons (Fsp3) is 0.833. The van der Waals surface area contributed by atoms with Gasteiger partial charge in [-0.1, -0.05) is 124 Å². The molecule has 330 valence electrons. The molecular weight excluding hydrogens is 753 g/mol. The van der Waals surface area contributed by atoms with Crippen molar-refractivity contribution in [3.63, 3.8) is 0 Å². The van der Waals surface area contributed by atoms with Crippen molar-refractivity contribution in [1.82, 2.24) is 15.5 Å². The maximum Gasteiger partial charge on any atom is 0.306 e. The van der Waals surface area contributed by atoms with Crippen LogP contribution >= 0.6 is 12.6 Å². The number of rotatable bonds is 37. The van der Waals surface area contributed by atoms with Gasteiger partial charge in [-0.05, 0) is 32.6 Å². The van der Waals surface area contributed by atoms with Gasteiger partial charge in [0, 0.05) is 31.4 Å². The van der Waals surface area contributed by atoms with E-state index in [9.17, 15) is 33.6 Å². The van der Waals surface area contributed by atoms with Gasteiger partial charge >= 0.3 is 17.9 Å². The molecule has 0 aliphatic rings. The number of ether oxygens (including phenoxy) is 2. The SMILES string of the molecule is CCCCCCCCCC(=O)OC[C@@H](CN(C(=O)C(CS)NC(=O)CCCCCCC)[C@@H](C)C(=O)N[C@H](CCC(=O)O)C(N)=O)OC(=O)CCCCCCCCC. The number of carboxylic acids is 1. The van der Waals surface area contributed by atoms with E-state index in [1.807, 2.05) is 0 Å². The van der Waals surface area contributed by atoms with Crippen LogP contribution in [0.2, 0.25) is 0 Å². The van der Waals surface area contributed by atoms with Crippen LogP contribution in [0.1, 0.15) is 182 Å². The number of carbonyl (C=O) groups is 7. The van der Waals surface area contributed by atoms with Crippen molar-refractivity contribution >= 4 is 54.2 Å². The van der Waals surface area contributed by atoms with Crippen LogP contribution in [0, 0.1) is 0 Å². The van der Waals surface area contributed by atoms with Gasteiger partial charge < -0.3 is 35.8 Å². The third-order valence-electron chi connectivity index (χ3n) is 9.86.